The van der Waals surface area contributed by atoms with Gasteiger partial charge in [-0.3, -0.25) is 4.79 Å². The van der Waals surface area contributed by atoms with Gasteiger partial charge in [0, 0.05) is 12.1 Å². The van der Waals surface area contributed by atoms with Crippen LogP contribution in [0, 0.1) is 0 Å². The minimum Gasteiger partial charge on any atom is -0.355 e. The average Bonchev–Trinajstić information content (AvgIpc) is 2.15. The molecular weight excluding hydrogens is 231 g/mol. The predicted octanol–water partition coefficient (Wildman–Crippen LogP) is 2.72. The van der Waals surface area contributed by atoms with Crippen LogP contribution in [0.1, 0.15) is 15.9 Å². The fourth-order valence-electron chi connectivity index (χ4n) is 1.08. The van der Waals surface area contributed by atoms with Crippen molar-refractivity contribution < 1.29 is 18.0 Å². The van der Waals surface area contributed by atoms with Gasteiger partial charge in [-0.2, -0.15) is 13.2 Å². The molecule has 15 heavy (non-hydrogen) atoms. The van der Waals surface area contributed by atoms with Crippen LogP contribution in [0.5, 0.6) is 0 Å². The van der Waals surface area contributed by atoms with Gasteiger partial charge in [0.2, 0.25) is 0 Å². The molecule has 0 spiro atoms. The summed E-state index contributed by atoms with van der Waals surface area (Å²) in [5, 5.41) is 2.07. The van der Waals surface area contributed by atoms with Crippen LogP contribution in [0.4, 0.5) is 13.2 Å². The number of carbonyl (C=O) groups excluding carboxylic acids is 1. The van der Waals surface area contributed by atoms with Crippen molar-refractivity contribution >= 4 is 17.5 Å². The second-order valence-electron chi connectivity index (χ2n) is 2.77. The molecule has 1 rings (SSSR count). The smallest absolute Gasteiger partial charge is 0.355 e. The molecule has 0 aliphatic rings. The van der Waals surface area contributed by atoms with Gasteiger partial charge in [-0.1, -0.05) is 11.6 Å². The molecule has 1 aromatic carbocycles. The zero-order valence-electron chi connectivity index (χ0n) is 7.65. The SMILES string of the molecule is CNC(=O)c1ccc(Cl)cc1C(F)(F)F. The Morgan fingerprint density at radius 3 is 2.47 bits per heavy atom. The molecular formula is C9H7ClF3NO. The van der Waals surface area contributed by atoms with Gasteiger partial charge >= 0.3 is 6.18 Å². The Morgan fingerprint density at radius 1 is 1.40 bits per heavy atom. The molecule has 0 bridgehead atoms. The van der Waals surface area contributed by atoms with Crippen molar-refractivity contribution in [3.05, 3.63) is 34.3 Å². The lowest BCUT2D eigenvalue weighted by Crippen LogP contribution is -2.22. The summed E-state index contributed by atoms with van der Waals surface area (Å²) in [5.41, 5.74) is -1.47. The lowest BCUT2D eigenvalue weighted by Gasteiger charge is -2.11. The van der Waals surface area contributed by atoms with Crippen molar-refractivity contribution in [2.75, 3.05) is 7.05 Å². The Morgan fingerprint density at radius 2 is 2.00 bits per heavy atom. The summed E-state index contributed by atoms with van der Waals surface area (Å²) >= 11 is 5.44. The first-order valence-corrected chi connectivity index (χ1v) is 4.33. The van der Waals surface area contributed by atoms with Crippen LogP contribution >= 0.6 is 11.6 Å². The molecule has 1 amide bonds. The molecule has 0 saturated heterocycles. The molecule has 0 fully saturated rings. The lowest BCUT2D eigenvalue weighted by atomic mass is 10.1. The number of nitrogens with one attached hydrogen (secondary N) is 1. The first-order valence-electron chi connectivity index (χ1n) is 3.95. The molecule has 0 aliphatic carbocycles. The minimum absolute atomic E-state index is 0.0602. The Labute approximate surface area is 89.0 Å². The Bertz CT molecular complexity index is 389. The van der Waals surface area contributed by atoms with Gasteiger partial charge in [-0.05, 0) is 18.2 Å². The van der Waals surface area contributed by atoms with Crippen LogP contribution in [-0.2, 0) is 6.18 Å². The first kappa shape index (κ1) is 11.8. The van der Waals surface area contributed by atoms with E-state index in [-0.39, 0.29) is 5.02 Å². The van der Waals surface area contributed by atoms with E-state index in [4.69, 9.17) is 11.6 Å². The summed E-state index contributed by atoms with van der Waals surface area (Å²) in [6.07, 6.45) is -4.59. The maximum absolute atomic E-state index is 12.5. The third-order valence-corrected chi connectivity index (χ3v) is 1.99. The normalized spacial score (nSPS) is 11.3. The fraction of sp³-hybridized carbons (Fsp3) is 0.222. The quantitative estimate of drug-likeness (QED) is 0.800. The number of hydrogen-bond acceptors (Lipinski definition) is 1. The van der Waals surface area contributed by atoms with E-state index in [1.54, 1.807) is 0 Å². The van der Waals surface area contributed by atoms with Gasteiger partial charge < -0.3 is 5.32 Å². The minimum atomic E-state index is -4.59. The van der Waals surface area contributed by atoms with Crippen molar-refractivity contribution in [1.29, 1.82) is 0 Å². The number of halogens is 4. The standard InChI is InChI=1S/C9H7ClF3NO/c1-14-8(15)6-3-2-5(10)4-7(6)9(11,12)13/h2-4H,1H3,(H,14,15). The zero-order chi connectivity index (χ0) is 11.6. The average molecular weight is 238 g/mol. The van der Waals surface area contributed by atoms with Crippen LogP contribution in [0.3, 0.4) is 0 Å². The third kappa shape index (κ3) is 2.62. The van der Waals surface area contributed by atoms with Crippen LogP contribution in [0.15, 0.2) is 18.2 Å². The summed E-state index contributed by atoms with van der Waals surface area (Å²) in [5.74, 6) is -0.793. The maximum Gasteiger partial charge on any atom is 0.417 e. The molecule has 6 heteroatoms. The molecule has 0 radical (unpaired) electrons. The maximum atomic E-state index is 12.5. The molecule has 2 nitrogen and oxygen atoms in total. The molecule has 0 aliphatic heterocycles. The van der Waals surface area contributed by atoms with Crippen molar-refractivity contribution in [1.82, 2.24) is 5.32 Å². The highest BCUT2D eigenvalue weighted by Gasteiger charge is 2.35. The van der Waals surface area contributed by atoms with Crippen LogP contribution in [0.2, 0.25) is 5.02 Å². The third-order valence-electron chi connectivity index (χ3n) is 1.76. The van der Waals surface area contributed by atoms with Gasteiger partial charge in [0.1, 0.15) is 0 Å². The zero-order valence-corrected chi connectivity index (χ0v) is 8.41. The van der Waals surface area contributed by atoms with Gasteiger partial charge in [-0.15, -0.1) is 0 Å². The summed E-state index contributed by atoms with van der Waals surface area (Å²) in [6.45, 7) is 0. The van der Waals surface area contributed by atoms with E-state index in [9.17, 15) is 18.0 Å². The van der Waals surface area contributed by atoms with Crippen LogP contribution in [0.25, 0.3) is 0 Å². The first-order chi connectivity index (χ1) is 6.86. The van der Waals surface area contributed by atoms with E-state index in [0.29, 0.717) is 0 Å². The van der Waals surface area contributed by atoms with E-state index < -0.39 is 23.2 Å². The highest BCUT2D eigenvalue weighted by Crippen LogP contribution is 2.33. The lowest BCUT2D eigenvalue weighted by molar-refractivity contribution is -0.137. The van der Waals surface area contributed by atoms with Gasteiger partial charge in [0.25, 0.3) is 5.91 Å². The number of rotatable bonds is 1. The van der Waals surface area contributed by atoms with Gasteiger partial charge in [0.15, 0.2) is 0 Å². The Kier molecular flexibility index (Phi) is 3.24. The molecule has 82 valence electrons. The van der Waals surface area contributed by atoms with E-state index in [2.05, 4.69) is 5.32 Å². The summed E-state index contributed by atoms with van der Waals surface area (Å²) in [4.78, 5) is 11.1. The van der Waals surface area contributed by atoms with E-state index in [1.807, 2.05) is 0 Å². The van der Waals surface area contributed by atoms with Gasteiger partial charge in [-0.25, -0.2) is 0 Å². The Hall–Kier alpha value is -1.23. The van der Waals surface area contributed by atoms with E-state index in [1.165, 1.54) is 13.1 Å². The molecule has 0 atom stereocenters. The van der Waals surface area contributed by atoms with Crippen molar-refractivity contribution in [2.45, 2.75) is 6.18 Å². The topological polar surface area (TPSA) is 29.1 Å². The highest BCUT2D eigenvalue weighted by molar-refractivity contribution is 6.30. The van der Waals surface area contributed by atoms with E-state index >= 15 is 0 Å². The van der Waals surface area contributed by atoms with Gasteiger partial charge in [0.05, 0.1) is 11.1 Å². The fourth-order valence-corrected chi connectivity index (χ4v) is 1.26. The number of alkyl halides is 3. The highest BCUT2D eigenvalue weighted by atomic mass is 35.5. The molecule has 0 unspecified atom stereocenters. The predicted molar refractivity (Wildman–Crippen MR) is 49.8 cm³/mol. The number of carbonyl (C=O) groups is 1. The molecule has 1 N–H and O–H groups in total. The molecule has 0 heterocycles. The second kappa shape index (κ2) is 4.10. The monoisotopic (exact) mass is 237 g/mol. The number of amides is 1. The van der Waals surface area contributed by atoms with Crippen LogP contribution in [-0.4, -0.2) is 13.0 Å². The molecule has 0 aromatic heterocycles. The van der Waals surface area contributed by atoms with E-state index in [0.717, 1.165) is 12.1 Å². The molecule has 0 saturated carbocycles. The largest absolute Gasteiger partial charge is 0.417 e. The molecule has 1 aromatic rings. The van der Waals surface area contributed by atoms with Crippen molar-refractivity contribution in [3.63, 3.8) is 0 Å². The number of hydrogen-bond donors (Lipinski definition) is 1. The van der Waals surface area contributed by atoms with Crippen molar-refractivity contribution in [2.24, 2.45) is 0 Å². The summed E-state index contributed by atoms with van der Waals surface area (Å²) < 4.78 is 37.5. The summed E-state index contributed by atoms with van der Waals surface area (Å²) in [7, 11) is 1.26. The van der Waals surface area contributed by atoms with Crippen LogP contribution < -0.4 is 5.32 Å². The second-order valence-corrected chi connectivity index (χ2v) is 3.20. The number of benzene rings is 1. The Balaban J connectivity index is 3.33. The van der Waals surface area contributed by atoms with Crippen molar-refractivity contribution in [3.8, 4) is 0 Å². The summed E-state index contributed by atoms with van der Waals surface area (Å²) in [6, 6.07) is 3.01.